The lowest BCUT2D eigenvalue weighted by atomic mass is 9.95. The number of allylic oxidation sites excluding steroid dienone is 2. The molecule has 2 fully saturated rings. The van der Waals surface area contributed by atoms with Gasteiger partial charge in [-0.2, -0.15) is 0 Å². The highest BCUT2D eigenvalue weighted by Crippen LogP contribution is 2.52. The molecule has 0 saturated carbocycles. The Bertz CT molecular complexity index is 2070. The molecule has 20 nitrogen and oxygen atoms in total. The fourth-order valence-corrected chi connectivity index (χ4v) is 13.6. The lowest BCUT2D eigenvalue weighted by molar-refractivity contribution is -0.303. The molecule has 0 aromatic carbocycles. The van der Waals surface area contributed by atoms with Gasteiger partial charge in [-0.15, -0.1) is 13.2 Å². The molecule has 0 spiro atoms. The van der Waals surface area contributed by atoms with Crippen molar-refractivity contribution in [2.24, 2.45) is 0 Å². The van der Waals surface area contributed by atoms with Crippen LogP contribution in [0, 0.1) is 0 Å². The number of ketones is 1. The molecule has 2 unspecified atom stereocenters. The largest absolute Gasteiger partial charge is 0.509 e. The van der Waals surface area contributed by atoms with Gasteiger partial charge in [-0.05, 0) is 57.8 Å². The second kappa shape index (κ2) is 60.2. The van der Waals surface area contributed by atoms with Gasteiger partial charge in [0.25, 0.3) is 0 Å². The number of aliphatic hydroxyl groups is 1. The second-order valence-corrected chi connectivity index (χ2v) is 27.9. The molecular weight excluding hydrogens is 1260 g/mol. The number of nitrogens with one attached hydrogen (secondary N) is 2. The fraction of sp³-hybridized carbons (Fsp3) is 0.842. The van der Waals surface area contributed by atoms with Gasteiger partial charge in [-0.25, -0.2) is 9.36 Å². The third-order valence-corrected chi connectivity index (χ3v) is 19.3. The van der Waals surface area contributed by atoms with Gasteiger partial charge >= 0.3 is 14.0 Å². The van der Waals surface area contributed by atoms with E-state index in [9.17, 15) is 28.8 Å². The van der Waals surface area contributed by atoms with E-state index in [2.05, 4.69) is 70.2 Å². The van der Waals surface area contributed by atoms with Crippen LogP contribution in [0.25, 0.3) is 0 Å². The maximum absolute atomic E-state index is 14.7. The summed E-state index contributed by atoms with van der Waals surface area (Å²) in [6.07, 6.45) is 35.3. The molecule has 2 saturated heterocycles. The van der Waals surface area contributed by atoms with Crippen LogP contribution < -0.4 is 10.6 Å². The van der Waals surface area contributed by atoms with E-state index in [0.29, 0.717) is 25.7 Å². The molecule has 564 valence electrons. The maximum atomic E-state index is 14.7. The summed E-state index contributed by atoms with van der Waals surface area (Å²) in [5.41, 5.74) is 0. The number of rotatable bonds is 66. The first-order valence-electron chi connectivity index (χ1n) is 38.1. The summed E-state index contributed by atoms with van der Waals surface area (Å²) in [5.74, 6) is -1.24. The highest BCUT2D eigenvalue weighted by Gasteiger charge is 2.54. The zero-order valence-corrected chi connectivity index (χ0v) is 62.3. The summed E-state index contributed by atoms with van der Waals surface area (Å²) in [5, 5.41) is 18.0. The lowest BCUT2D eigenvalue weighted by Crippen LogP contribution is -2.68. The van der Waals surface area contributed by atoms with Crippen molar-refractivity contribution >= 4 is 31.6 Å². The van der Waals surface area contributed by atoms with Gasteiger partial charge in [-0.3, -0.25) is 28.0 Å². The maximum Gasteiger partial charge on any atom is 0.509 e. The van der Waals surface area contributed by atoms with E-state index in [1.165, 1.54) is 96.0 Å². The summed E-state index contributed by atoms with van der Waals surface area (Å²) in [4.78, 5) is 55.4. The van der Waals surface area contributed by atoms with Gasteiger partial charge in [0.15, 0.2) is 18.7 Å². The molecule has 2 rings (SSSR count). The quantitative estimate of drug-likeness (QED) is 0.0169. The van der Waals surface area contributed by atoms with Crippen LogP contribution in [0.4, 0.5) is 4.79 Å². The van der Waals surface area contributed by atoms with Crippen LogP contribution >= 0.6 is 7.82 Å². The molecule has 97 heavy (non-hydrogen) atoms. The van der Waals surface area contributed by atoms with Gasteiger partial charge < -0.3 is 58.4 Å². The number of ether oxygens (including phenoxy) is 9. The van der Waals surface area contributed by atoms with E-state index in [4.69, 9.17) is 56.2 Å². The van der Waals surface area contributed by atoms with Crippen molar-refractivity contribution in [3.05, 3.63) is 50.1 Å². The van der Waals surface area contributed by atoms with Gasteiger partial charge in [0.1, 0.15) is 55.0 Å². The molecule has 0 bridgehead atoms. The number of unbranched alkanes of at least 4 members (excludes halogenated alkanes) is 30. The van der Waals surface area contributed by atoms with Crippen LogP contribution in [0.3, 0.4) is 0 Å². The zero-order chi connectivity index (χ0) is 70.8. The molecule has 2 heterocycles. The highest BCUT2D eigenvalue weighted by atomic mass is 31.2. The number of carbonyl (C=O) groups excluding carboxylic acids is 4. The van der Waals surface area contributed by atoms with Crippen molar-refractivity contribution in [1.29, 1.82) is 0 Å². The Balaban J connectivity index is 2.65. The van der Waals surface area contributed by atoms with Crippen LogP contribution in [0.1, 0.15) is 285 Å². The number of amides is 2. The van der Waals surface area contributed by atoms with Crippen molar-refractivity contribution in [2.75, 3.05) is 60.5 Å². The van der Waals surface area contributed by atoms with Crippen molar-refractivity contribution in [2.45, 2.75) is 352 Å². The Hall–Kier alpha value is -3.37. The molecule has 2 aliphatic heterocycles. The molecule has 0 radical (unpaired) electrons. The predicted octanol–water partition coefficient (Wildman–Crippen LogP) is 17.3. The van der Waals surface area contributed by atoms with Gasteiger partial charge in [0.2, 0.25) is 11.8 Å². The SMILES string of the molecule is C=CCOC(=O)O[C@H]1[C@H](OCCCCCCCCCC)C(NC(=O)CC(=O)CCCCCCCCCCC)C(O)O[C@@H]1CO[C@@H]1O[C@H](COC)[C@@H](OP(=O)(OCC=C)OCC=C)[C@H](OCC[C@@H](CCCCCCC)OC)[C@H]1NC(=O)CCCCCCCCC/C=C\CCCCCC. The van der Waals surface area contributed by atoms with Gasteiger partial charge in [-0.1, -0.05) is 244 Å². The van der Waals surface area contributed by atoms with E-state index in [-0.39, 0.29) is 70.3 Å². The van der Waals surface area contributed by atoms with Gasteiger partial charge in [0.05, 0.1) is 39.0 Å². The van der Waals surface area contributed by atoms with E-state index in [1.807, 2.05) is 0 Å². The zero-order valence-electron chi connectivity index (χ0n) is 61.4. The van der Waals surface area contributed by atoms with E-state index in [0.717, 1.165) is 141 Å². The fourth-order valence-electron chi connectivity index (χ4n) is 12.3. The molecule has 0 aliphatic carbocycles. The van der Waals surface area contributed by atoms with Crippen LogP contribution in [0.2, 0.25) is 0 Å². The summed E-state index contributed by atoms with van der Waals surface area (Å²) < 4.78 is 89.1. The average Bonchev–Trinajstić information content (AvgIpc) is 0.787. The highest BCUT2D eigenvalue weighted by molar-refractivity contribution is 7.48. The number of Topliss-reactive ketones (excluding diaryl/α,β-unsaturated/α-hetero) is 1. The third-order valence-electron chi connectivity index (χ3n) is 17.8. The lowest BCUT2D eigenvalue weighted by Gasteiger charge is -2.47. The minimum Gasteiger partial charge on any atom is -0.430 e. The number of methoxy groups -OCH3 is 2. The Morgan fingerprint density at radius 3 is 1.53 bits per heavy atom. The topological polar surface area (TPSA) is 240 Å². The molecule has 11 atom stereocenters. The summed E-state index contributed by atoms with van der Waals surface area (Å²) in [6.45, 7) is 18.9. The first kappa shape index (κ1) is 89.7. The molecule has 0 aromatic rings. The van der Waals surface area contributed by atoms with Crippen molar-refractivity contribution in [3.8, 4) is 0 Å². The summed E-state index contributed by atoms with van der Waals surface area (Å²) >= 11 is 0. The van der Waals surface area contributed by atoms with Crippen molar-refractivity contribution in [1.82, 2.24) is 10.6 Å². The number of phosphoric acid groups is 1. The Kier molecular flexibility index (Phi) is 55.7. The normalized spacial score (nSPS) is 21.5. The monoisotopic (exact) mass is 1400 g/mol. The molecule has 2 aliphatic rings. The Morgan fingerprint density at radius 1 is 0.505 bits per heavy atom. The minimum atomic E-state index is -4.48. The molecular formula is C76H137N2O18P. The van der Waals surface area contributed by atoms with Gasteiger partial charge in [0, 0.05) is 40.3 Å². The van der Waals surface area contributed by atoms with E-state index < -0.39 is 94.2 Å². The Morgan fingerprint density at radius 2 is 0.979 bits per heavy atom. The number of hydrogen-bond acceptors (Lipinski definition) is 18. The first-order chi connectivity index (χ1) is 47.3. The summed E-state index contributed by atoms with van der Waals surface area (Å²) in [7, 11) is -1.36. The minimum absolute atomic E-state index is 0.0912. The van der Waals surface area contributed by atoms with E-state index in [1.54, 1.807) is 7.11 Å². The van der Waals surface area contributed by atoms with Crippen LogP contribution in [-0.4, -0.2) is 157 Å². The predicted molar refractivity (Wildman–Crippen MR) is 384 cm³/mol. The van der Waals surface area contributed by atoms with Crippen LogP contribution in [0.15, 0.2) is 50.1 Å². The number of aliphatic hydroxyl groups excluding tert-OH is 1. The molecule has 21 heteroatoms. The second-order valence-electron chi connectivity index (χ2n) is 26.3. The van der Waals surface area contributed by atoms with E-state index >= 15 is 0 Å². The Labute approximate surface area is 587 Å². The number of carbonyl (C=O) groups is 4. The standard InChI is InChI=1S/C76H137N2O18P/c1-10-17-21-25-28-31-32-33-34-35-36-38-40-44-48-52-66(80)77-69-73(88-58-53-63(86-9)51-47-42-24-20-13-4)71(96-97(84,91-55-15-6)92-56-16-7)64(60-85-8)94-75(69)90-61-65-70(95-76(83)89-54-14-5)72(87-57-49-45-41-30-27-23-19-12-3)68(74(82)93-65)78-67(81)59-62(79)50-46-43-39-37-29-26-22-18-11-2/h14-16,31-32,63-65,68-75,82H,5-7,10-13,17-30,33-61H2,1-4,8-9H3,(H,77,80)(H,78,81)/b32-31-/t63-,64-,65-,68?,69-,70-,71-,72-,73-,74?,75-/m1/s1. The smallest absolute Gasteiger partial charge is 0.430 e. The van der Waals surface area contributed by atoms with Crippen LogP contribution in [0.5, 0.6) is 0 Å². The third kappa shape index (κ3) is 42.6. The molecule has 2 amide bonds. The first-order valence-corrected chi connectivity index (χ1v) is 39.6. The number of hydrogen-bond donors (Lipinski definition) is 3. The summed E-state index contributed by atoms with van der Waals surface area (Å²) in [6, 6.07) is -2.54. The number of phosphoric ester groups is 1. The van der Waals surface area contributed by atoms with Crippen molar-refractivity contribution < 1.29 is 85.1 Å². The van der Waals surface area contributed by atoms with Crippen molar-refractivity contribution in [3.63, 3.8) is 0 Å². The molecule has 0 aromatic heterocycles. The molecule has 3 N–H and O–H groups in total. The van der Waals surface area contributed by atoms with Crippen LogP contribution in [-0.2, 0) is 75.2 Å². The average molecular weight is 1400 g/mol.